The summed E-state index contributed by atoms with van der Waals surface area (Å²) in [5, 5.41) is 3.48. The van der Waals surface area contributed by atoms with Crippen molar-refractivity contribution in [1.82, 2.24) is 15.2 Å². The molecule has 16 heavy (non-hydrogen) atoms. The standard InChI is InChI=1S/C13H21N3/c1-2-16(13-6-4-8-15-10-13)11-12-5-3-7-14-9-12/h3,5,7,9,13,15H,2,4,6,8,10-11H2,1H3. The number of nitrogens with zero attached hydrogens (tertiary/aromatic N) is 2. The van der Waals surface area contributed by atoms with Gasteiger partial charge in [-0.25, -0.2) is 0 Å². The molecule has 2 heterocycles. The van der Waals surface area contributed by atoms with Crippen LogP contribution in [-0.2, 0) is 6.54 Å². The minimum absolute atomic E-state index is 0.693. The highest BCUT2D eigenvalue weighted by atomic mass is 15.2. The van der Waals surface area contributed by atoms with E-state index in [9.17, 15) is 0 Å². The molecule has 1 aromatic rings. The molecule has 1 aliphatic rings. The summed E-state index contributed by atoms with van der Waals surface area (Å²) in [4.78, 5) is 6.72. The van der Waals surface area contributed by atoms with E-state index in [2.05, 4.69) is 28.2 Å². The molecule has 0 aromatic carbocycles. The molecule has 1 saturated heterocycles. The molecule has 3 heteroatoms. The highest BCUT2D eigenvalue weighted by Gasteiger charge is 2.19. The summed E-state index contributed by atoms with van der Waals surface area (Å²) in [6.45, 7) is 6.69. The molecule has 1 atom stereocenters. The maximum Gasteiger partial charge on any atom is 0.0312 e. The van der Waals surface area contributed by atoms with E-state index in [-0.39, 0.29) is 0 Å². The van der Waals surface area contributed by atoms with Crippen molar-refractivity contribution in [3.8, 4) is 0 Å². The summed E-state index contributed by atoms with van der Waals surface area (Å²) in [5.41, 5.74) is 1.31. The fourth-order valence-corrected chi connectivity index (χ4v) is 2.37. The molecule has 1 aliphatic heterocycles. The van der Waals surface area contributed by atoms with Crippen LogP contribution in [0.15, 0.2) is 24.5 Å². The van der Waals surface area contributed by atoms with E-state index in [0.717, 1.165) is 19.6 Å². The Morgan fingerprint density at radius 2 is 2.50 bits per heavy atom. The van der Waals surface area contributed by atoms with Gasteiger partial charge >= 0.3 is 0 Å². The second kappa shape index (κ2) is 5.97. The minimum atomic E-state index is 0.693. The number of likely N-dealkylation sites (N-methyl/N-ethyl adjacent to an activating group) is 1. The Kier molecular flexibility index (Phi) is 4.31. The molecule has 2 rings (SSSR count). The van der Waals surface area contributed by atoms with Gasteiger partial charge < -0.3 is 5.32 Å². The van der Waals surface area contributed by atoms with Gasteiger partial charge in [-0.15, -0.1) is 0 Å². The zero-order chi connectivity index (χ0) is 11.2. The highest BCUT2D eigenvalue weighted by Crippen LogP contribution is 2.13. The third-order valence-electron chi connectivity index (χ3n) is 3.30. The van der Waals surface area contributed by atoms with E-state index in [1.807, 2.05) is 18.5 Å². The number of aromatic nitrogens is 1. The van der Waals surface area contributed by atoms with Gasteiger partial charge in [-0.3, -0.25) is 9.88 Å². The van der Waals surface area contributed by atoms with Crippen molar-refractivity contribution in [3.63, 3.8) is 0 Å². The largest absolute Gasteiger partial charge is 0.315 e. The molecule has 1 fully saturated rings. The van der Waals surface area contributed by atoms with Gasteiger partial charge in [0.25, 0.3) is 0 Å². The summed E-state index contributed by atoms with van der Waals surface area (Å²) in [5.74, 6) is 0. The lowest BCUT2D eigenvalue weighted by Crippen LogP contribution is -2.45. The zero-order valence-electron chi connectivity index (χ0n) is 10.0. The first-order chi connectivity index (χ1) is 7.90. The van der Waals surface area contributed by atoms with E-state index in [1.54, 1.807) is 0 Å². The molecule has 1 unspecified atom stereocenters. The first-order valence-electron chi connectivity index (χ1n) is 6.24. The van der Waals surface area contributed by atoms with Crippen molar-refractivity contribution in [2.45, 2.75) is 32.4 Å². The molecule has 0 saturated carbocycles. The van der Waals surface area contributed by atoms with E-state index < -0.39 is 0 Å². The summed E-state index contributed by atoms with van der Waals surface area (Å²) < 4.78 is 0. The van der Waals surface area contributed by atoms with Gasteiger partial charge in [-0.1, -0.05) is 13.0 Å². The smallest absolute Gasteiger partial charge is 0.0312 e. The van der Waals surface area contributed by atoms with Gasteiger partial charge in [0.2, 0.25) is 0 Å². The van der Waals surface area contributed by atoms with Gasteiger partial charge in [0, 0.05) is 31.5 Å². The molecule has 1 N–H and O–H groups in total. The Labute approximate surface area is 97.9 Å². The van der Waals surface area contributed by atoms with Gasteiger partial charge in [0.05, 0.1) is 0 Å². The van der Waals surface area contributed by atoms with Gasteiger partial charge in [0.1, 0.15) is 0 Å². The molecule has 1 aromatic heterocycles. The average Bonchev–Trinajstić information content (AvgIpc) is 2.38. The van der Waals surface area contributed by atoms with Crippen molar-refractivity contribution in [2.24, 2.45) is 0 Å². The van der Waals surface area contributed by atoms with Crippen LogP contribution in [0.1, 0.15) is 25.3 Å². The quantitative estimate of drug-likeness (QED) is 0.834. The number of piperidine rings is 1. The Hall–Kier alpha value is -0.930. The predicted molar refractivity (Wildman–Crippen MR) is 66.2 cm³/mol. The Morgan fingerprint density at radius 1 is 1.56 bits per heavy atom. The van der Waals surface area contributed by atoms with Crippen LogP contribution in [0.2, 0.25) is 0 Å². The molecule has 0 bridgehead atoms. The number of pyridine rings is 1. The van der Waals surface area contributed by atoms with Crippen LogP contribution in [-0.4, -0.2) is 35.6 Å². The second-order valence-electron chi connectivity index (χ2n) is 4.42. The van der Waals surface area contributed by atoms with Crippen LogP contribution in [0.4, 0.5) is 0 Å². The normalized spacial score (nSPS) is 21.2. The Morgan fingerprint density at radius 3 is 3.12 bits per heavy atom. The average molecular weight is 219 g/mol. The van der Waals surface area contributed by atoms with Crippen molar-refractivity contribution < 1.29 is 0 Å². The first kappa shape index (κ1) is 11.6. The Bertz CT molecular complexity index is 293. The number of nitrogens with one attached hydrogen (secondary N) is 1. The fraction of sp³-hybridized carbons (Fsp3) is 0.615. The van der Waals surface area contributed by atoms with Crippen LogP contribution in [0.25, 0.3) is 0 Å². The van der Waals surface area contributed by atoms with Crippen LogP contribution >= 0.6 is 0 Å². The van der Waals surface area contributed by atoms with Crippen LogP contribution in [0.3, 0.4) is 0 Å². The van der Waals surface area contributed by atoms with E-state index in [0.29, 0.717) is 6.04 Å². The lowest BCUT2D eigenvalue weighted by Gasteiger charge is -2.33. The molecule has 88 valence electrons. The lowest BCUT2D eigenvalue weighted by atomic mass is 10.1. The molecule has 0 amide bonds. The minimum Gasteiger partial charge on any atom is -0.315 e. The van der Waals surface area contributed by atoms with E-state index in [4.69, 9.17) is 0 Å². The monoisotopic (exact) mass is 219 g/mol. The fourth-order valence-electron chi connectivity index (χ4n) is 2.37. The maximum atomic E-state index is 4.17. The number of hydrogen-bond donors (Lipinski definition) is 1. The summed E-state index contributed by atoms with van der Waals surface area (Å²) in [6, 6.07) is 4.87. The maximum absolute atomic E-state index is 4.17. The zero-order valence-corrected chi connectivity index (χ0v) is 10.0. The Balaban J connectivity index is 1.94. The molecular weight excluding hydrogens is 198 g/mol. The second-order valence-corrected chi connectivity index (χ2v) is 4.42. The third-order valence-corrected chi connectivity index (χ3v) is 3.30. The molecule has 0 radical (unpaired) electrons. The molecular formula is C13H21N3. The van der Waals surface area contributed by atoms with E-state index >= 15 is 0 Å². The summed E-state index contributed by atoms with van der Waals surface area (Å²) in [6.07, 6.45) is 6.43. The number of rotatable bonds is 4. The molecule has 0 aliphatic carbocycles. The topological polar surface area (TPSA) is 28.2 Å². The van der Waals surface area contributed by atoms with Crippen LogP contribution in [0.5, 0.6) is 0 Å². The molecule has 3 nitrogen and oxygen atoms in total. The first-order valence-corrected chi connectivity index (χ1v) is 6.24. The summed E-state index contributed by atoms with van der Waals surface area (Å²) in [7, 11) is 0. The van der Waals surface area contributed by atoms with Gasteiger partial charge in [-0.2, -0.15) is 0 Å². The van der Waals surface area contributed by atoms with Gasteiger partial charge in [0.15, 0.2) is 0 Å². The lowest BCUT2D eigenvalue weighted by molar-refractivity contribution is 0.166. The third kappa shape index (κ3) is 3.03. The van der Waals surface area contributed by atoms with E-state index in [1.165, 1.54) is 24.9 Å². The van der Waals surface area contributed by atoms with Crippen LogP contribution in [0, 0.1) is 0 Å². The SMILES string of the molecule is CCN(Cc1cccnc1)C1CCCNC1. The molecule has 0 spiro atoms. The van der Waals surface area contributed by atoms with Crippen molar-refractivity contribution in [3.05, 3.63) is 30.1 Å². The number of hydrogen-bond acceptors (Lipinski definition) is 3. The predicted octanol–water partition coefficient (Wildman–Crippen LogP) is 1.66. The summed E-state index contributed by atoms with van der Waals surface area (Å²) >= 11 is 0. The van der Waals surface area contributed by atoms with Gasteiger partial charge in [-0.05, 0) is 37.6 Å². The van der Waals surface area contributed by atoms with Crippen molar-refractivity contribution >= 4 is 0 Å². The highest BCUT2D eigenvalue weighted by molar-refractivity contribution is 5.08. The van der Waals surface area contributed by atoms with Crippen molar-refractivity contribution in [1.29, 1.82) is 0 Å². The van der Waals surface area contributed by atoms with Crippen LogP contribution < -0.4 is 5.32 Å². The van der Waals surface area contributed by atoms with Crippen molar-refractivity contribution in [2.75, 3.05) is 19.6 Å².